The Morgan fingerprint density at radius 1 is 1.00 bits per heavy atom. The number of rotatable bonds is 6. The van der Waals surface area contributed by atoms with E-state index in [2.05, 4.69) is 15.9 Å². The molecule has 2 unspecified atom stereocenters. The molecule has 136 valence electrons. The summed E-state index contributed by atoms with van der Waals surface area (Å²) in [5, 5.41) is 0. The van der Waals surface area contributed by atoms with Gasteiger partial charge < -0.3 is 14.2 Å². The highest BCUT2D eigenvalue weighted by molar-refractivity contribution is 9.10. The Morgan fingerprint density at radius 2 is 1.54 bits per heavy atom. The van der Waals surface area contributed by atoms with E-state index in [0.29, 0.717) is 0 Å². The van der Waals surface area contributed by atoms with Crippen molar-refractivity contribution in [2.75, 3.05) is 6.61 Å². The van der Waals surface area contributed by atoms with Crippen molar-refractivity contribution in [2.45, 2.75) is 30.1 Å². The van der Waals surface area contributed by atoms with Gasteiger partial charge in [0.15, 0.2) is 0 Å². The molecule has 0 aliphatic carbocycles. The molecule has 2 aromatic rings. The van der Waals surface area contributed by atoms with E-state index in [1.54, 1.807) is 6.92 Å². The average Bonchev–Trinajstić information content (AvgIpc) is 2.88. The van der Waals surface area contributed by atoms with Gasteiger partial charge >= 0.3 is 17.7 Å². The van der Waals surface area contributed by atoms with Gasteiger partial charge in [0, 0.05) is 6.42 Å². The molecule has 0 N–H and O–H groups in total. The molecule has 0 amide bonds. The minimum atomic E-state index is -1.81. The van der Waals surface area contributed by atoms with E-state index in [0.717, 1.165) is 11.1 Å². The van der Waals surface area contributed by atoms with Gasteiger partial charge in [-0.3, -0.25) is 0 Å². The molecule has 2 aromatic carbocycles. The predicted octanol–water partition coefficient (Wildman–Crippen LogP) is 3.40. The number of halogens is 1. The SMILES string of the molecule is CCOC(=O)C1(Cc2ccccc2)OC(=O)C(Br)(Cc2ccccc2)O1. The van der Waals surface area contributed by atoms with E-state index >= 15 is 0 Å². The number of carbonyl (C=O) groups is 2. The van der Waals surface area contributed by atoms with E-state index in [-0.39, 0.29) is 19.4 Å². The lowest BCUT2D eigenvalue weighted by atomic mass is 10.0. The zero-order valence-corrected chi connectivity index (χ0v) is 15.9. The Morgan fingerprint density at radius 3 is 2.08 bits per heavy atom. The fraction of sp³-hybridized carbons (Fsp3) is 0.300. The maximum Gasteiger partial charge on any atom is 0.380 e. The van der Waals surface area contributed by atoms with Crippen molar-refractivity contribution in [2.24, 2.45) is 0 Å². The van der Waals surface area contributed by atoms with Crippen LogP contribution >= 0.6 is 15.9 Å². The summed E-state index contributed by atoms with van der Waals surface area (Å²) in [7, 11) is 0. The number of alkyl halides is 1. The van der Waals surface area contributed by atoms with E-state index in [1.165, 1.54) is 0 Å². The summed E-state index contributed by atoms with van der Waals surface area (Å²) in [6.07, 6.45) is 0.295. The molecule has 0 radical (unpaired) electrons. The summed E-state index contributed by atoms with van der Waals surface area (Å²) in [6.45, 7) is 1.85. The molecule has 1 saturated heterocycles. The smallest absolute Gasteiger partial charge is 0.380 e. The molecule has 1 aliphatic rings. The number of carbonyl (C=O) groups excluding carboxylic acids is 2. The van der Waals surface area contributed by atoms with Gasteiger partial charge in [0.05, 0.1) is 13.0 Å². The van der Waals surface area contributed by atoms with E-state index in [1.807, 2.05) is 60.7 Å². The molecule has 1 fully saturated rings. The van der Waals surface area contributed by atoms with Gasteiger partial charge in [0.1, 0.15) is 0 Å². The van der Waals surface area contributed by atoms with Crippen molar-refractivity contribution >= 4 is 27.9 Å². The first-order chi connectivity index (χ1) is 12.5. The fourth-order valence-electron chi connectivity index (χ4n) is 2.85. The van der Waals surface area contributed by atoms with Gasteiger partial charge in [-0.2, -0.15) is 0 Å². The van der Waals surface area contributed by atoms with Crippen LogP contribution in [0, 0.1) is 0 Å². The van der Waals surface area contributed by atoms with Crippen LogP contribution in [0.15, 0.2) is 60.7 Å². The van der Waals surface area contributed by atoms with Gasteiger partial charge in [-0.25, -0.2) is 9.59 Å². The van der Waals surface area contributed by atoms with Crippen LogP contribution in [-0.2, 0) is 36.6 Å². The van der Waals surface area contributed by atoms with Crippen LogP contribution in [0.4, 0.5) is 0 Å². The van der Waals surface area contributed by atoms with Crippen molar-refractivity contribution in [1.82, 2.24) is 0 Å². The van der Waals surface area contributed by atoms with Crippen molar-refractivity contribution in [3.8, 4) is 0 Å². The average molecular weight is 419 g/mol. The molecule has 0 saturated carbocycles. The van der Waals surface area contributed by atoms with Gasteiger partial charge in [-0.15, -0.1) is 0 Å². The maximum absolute atomic E-state index is 12.6. The summed E-state index contributed by atoms with van der Waals surface area (Å²) in [5.41, 5.74) is 1.67. The van der Waals surface area contributed by atoms with E-state index < -0.39 is 22.2 Å². The molecule has 5 nitrogen and oxygen atoms in total. The van der Waals surface area contributed by atoms with E-state index in [9.17, 15) is 9.59 Å². The molecule has 0 aromatic heterocycles. The molecule has 0 spiro atoms. The second-order valence-corrected chi connectivity index (χ2v) is 7.30. The Bertz CT molecular complexity index is 779. The maximum atomic E-state index is 12.6. The molecule has 1 aliphatic heterocycles. The number of benzene rings is 2. The molecular formula is C20H19BrO5. The third-order valence-electron chi connectivity index (χ3n) is 4.03. The minimum Gasteiger partial charge on any atom is -0.461 e. The van der Waals surface area contributed by atoms with Crippen molar-refractivity contribution in [1.29, 1.82) is 0 Å². The zero-order chi connectivity index (χ0) is 18.6. The van der Waals surface area contributed by atoms with Gasteiger partial charge in [-0.05, 0) is 34.0 Å². The molecule has 3 rings (SSSR count). The topological polar surface area (TPSA) is 61.8 Å². The lowest BCUT2D eigenvalue weighted by molar-refractivity contribution is -0.212. The Labute approximate surface area is 160 Å². The van der Waals surface area contributed by atoms with Crippen LogP contribution < -0.4 is 0 Å². The Hall–Kier alpha value is -2.18. The summed E-state index contributed by atoms with van der Waals surface area (Å²) in [5.74, 6) is -3.18. The molecular weight excluding hydrogens is 400 g/mol. The molecule has 2 atom stereocenters. The second kappa shape index (κ2) is 7.60. The number of cyclic esters (lactones) is 1. The Balaban J connectivity index is 1.90. The molecule has 1 heterocycles. The third-order valence-corrected chi connectivity index (χ3v) is 4.80. The van der Waals surface area contributed by atoms with Crippen LogP contribution in [0.25, 0.3) is 0 Å². The molecule has 0 bridgehead atoms. The largest absolute Gasteiger partial charge is 0.461 e. The van der Waals surface area contributed by atoms with Crippen molar-refractivity contribution < 1.29 is 23.8 Å². The van der Waals surface area contributed by atoms with Crippen LogP contribution in [0.3, 0.4) is 0 Å². The molecule has 26 heavy (non-hydrogen) atoms. The third kappa shape index (κ3) is 3.81. The zero-order valence-electron chi connectivity index (χ0n) is 14.3. The van der Waals surface area contributed by atoms with E-state index in [4.69, 9.17) is 14.2 Å². The van der Waals surface area contributed by atoms with Gasteiger partial charge in [-0.1, -0.05) is 60.7 Å². The normalized spacial score (nSPS) is 24.9. The standard InChI is InChI=1S/C20H19BrO5/c1-2-24-18(23)20(14-16-11-7-4-8-12-16)25-17(22)19(21,26-20)13-15-9-5-3-6-10-15/h3-12H,2,13-14H2,1H3. The molecule has 6 heteroatoms. The predicted molar refractivity (Wildman–Crippen MR) is 98.5 cm³/mol. The lowest BCUT2D eigenvalue weighted by Crippen LogP contribution is -2.45. The van der Waals surface area contributed by atoms with Crippen LogP contribution in [0.1, 0.15) is 18.1 Å². The lowest BCUT2D eigenvalue weighted by Gasteiger charge is -2.26. The first kappa shape index (κ1) is 18.6. The number of hydrogen-bond acceptors (Lipinski definition) is 5. The Kier molecular flexibility index (Phi) is 5.44. The summed E-state index contributed by atoms with van der Waals surface area (Å²) >= 11 is 3.35. The van der Waals surface area contributed by atoms with Crippen LogP contribution in [0.2, 0.25) is 0 Å². The summed E-state index contributed by atoms with van der Waals surface area (Å²) in [6, 6.07) is 18.6. The highest BCUT2D eigenvalue weighted by Crippen LogP contribution is 2.42. The highest BCUT2D eigenvalue weighted by Gasteiger charge is 2.61. The fourth-order valence-corrected chi connectivity index (χ4v) is 3.52. The number of ether oxygens (including phenoxy) is 3. The number of esters is 2. The van der Waals surface area contributed by atoms with Crippen LogP contribution in [0.5, 0.6) is 0 Å². The van der Waals surface area contributed by atoms with Crippen LogP contribution in [-0.4, -0.2) is 28.8 Å². The summed E-state index contributed by atoms with van der Waals surface area (Å²) < 4.78 is 15.1. The first-order valence-corrected chi connectivity index (χ1v) is 9.14. The van der Waals surface area contributed by atoms with Crippen molar-refractivity contribution in [3.63, 3.8) is 0 Å². The van der Waals surface area contributed by atoms with Gasteiger partial charge in [0.2, 0.25) is 4.51 Å². The van der Waals surface area contributed by atoms with Gasteiger partial charge in [0.25, 0.3) is 0 Å². The number of hydrogen-bond donors (Lipinski definition) is 0. The quantitative estimate of drug-likeness (QED) is 0.531. The monoisotopic (exact) mass is 418 g/mol. The van der Waals surface area contributed by atoms with Crippen molar-refractivity contribution in [3.05, 3.63) is 71.8 Å². The first-order valence-electron chi connectivity index (χ1n) is 8.35. The minimum absolute atomic E-state index is 0.0700. The summed E-state index contributed by atoms with van der Waals surface area (Å²) in [4.78, 5) is 25.2. The highest BCUT2D eigenvalue weighted by atomic mass is 79.9. The second-order valence-electron chi connectivity index (χ2n) is 6.02.